The molecule has 1 N–H and O–H groups in total. The largest absolute Gasteiger partial charge is 0.379 e. The zero-order valence-corrected chi connectivity index (χ0v) is 8.14. The quantitative estimate of drug-likeness (QED) is 0.711. The molecule has 1 saturated carbocycles. The molecule has 3 nitrogen and oxygen atoms in total. The zero-order chi connectivity index (χ0) is 9.31. The fraction of sp³-hybridized carbons (Fsp3) is 0.900. The highest BCUT2D eigenvalue weighted by atomic mass is 16.5. The van der Waals surface area contributed by atoms with E-state index in [-0.39, 0.29) is 11.3 Å². The fourth-order valence-corrected chi connectivity index (χ4v) is 1.74. The van der Waals surface area contributed by atoms with Gasteiger partial charge in [0.05, 0.1) is 18.6 Å². The lowest BCUT2D eigenvalue weighted by molar-refractivity contribution is -0.163. The van der Waals surface area contributed by atoms with Crippen LogP contribution in [-0.4, -0.2) is 25.2 Å². The van der Waals surface area contributed by atoms with E-state index in [0.29, 0.717) is 19.3 Å². The molecule has 2 fully saturated rings. The molecule has 0 unspecified atom stereocenters. The number of nitrogens with one attached hydrogen (secondary N) is 1. The third kappa shape index (κ3) is 1.46. The molecule has 3 heteroatoms. The van der Waals surface area contributed by atoms with Crippen molar-refractivity contribution in [3.05, 3.63) is 0 Å². The molecule has 1 aliphatic carbocycles. The monoisotopic (exact) mass is 183 g/mol. The first-order valence-corrected chi connectivity index (χ1v) is 5.15. The van der Waals surface area contributed by atoms with E-state index in [2.05, 4.69) is 12.2 Å². The van der Waals surface area contributed by atoms with Gasteiger partial charge in [0, 0.05) is 6.04 Å². The smallest absolute Gasteiger partial charge is 0.231 e. The standard InChI is InChI=1S/C10H17NO2/c1-2-10(6-13-7-10)9(12)11-8-4-3-5-8/h8H,2-7H2,1H3,(H,11,12). The Morgan fingerprint density at radius 3 is 2.54 bits per heavy atom. The van der Waals surface area contributed by atoms with Gasteiger partial charge in [-0.25, -0.2) is 0 Å². The lowest BCUT2D eigenvalue weighted by atomic mass is 9.81. The van der Waals surface area contributed by atoms with E-state index >= 15 is 0 Å². The summed E-state index contributed by atoms with van der Waals surface area (Å²) in [6.07, 6.45) is 4.48. The molecule has 0 aromatic heterocycles. The molecule has 13 heavy (non-hydrogen) atoms. The van der Waals surface area contributed by atoms with Crippen molar-refractivity contribution in [3.63, 3.8) is 0 Å². The van der Waals surface area contributed by atoms with E-state index in [0.717, 1.165) is 19.3 Å². The summed E-state index contributed by atoms with van der Waals surface area (Å²) in [7, 11) is 0. The van der Waals surface area contributed by atoms with Crippen LogP contribution in [0.5, 0.6) is 0 Å². The molecule has 1 saturated heterocycles. The van der Waals surface area contributed by atoms with Gasteiger partial charge in [-0.15, -0.1) is 0 Å². The van der Waals surface area contributed by atoms with Gasteiger partial charge in [-0.1, -0.05) is 6.92 Å². The number of ether oxygens (including phenoxy) is 1. The molecule has 74 valence electrons. The lowest BCUT2D eigenvalue weighted by Gasteiger charge is -2.41. The van der Waals surface area contributed by atoms with E-state index in [1.165, 1.54) is 6.42 Å². The van der Waals surface area contributed by atoms with Gasteiger partial charge in [0.25, 0.3) is 0 Å². The Labute approximate surface area is 78.8 Å². The lowest BCUT2D eigenvalue weighted by Crippen LogP contribution is -2.56. The summed E-state index contributed by atoms with van der Waals surface area (Å²) < 4.78 is 5.12. The Morgan fingerprint density at radius 1 is 1.54 bits per heavy atom. The maximum absolute atomic E-state index is 11.8. The Morgan fingerprint density at radius 2 is 2.23 bits per heavy atom. The summed E-state index contributed by atoms with van der Waals surface area (Å²) in [4.78, 5) is 11.8. The van der Waals surface area contributed by atoms with Crippen molar-refractivity contribution < 1.29 is 9.53 Å². The van der Waals surface area contributed by atoms with Crippen LogP contribution in [0.3, 0.4) is 0 Å². The van der Waals surface area contributed by atoms with Gasteiger partial charge < -0.3 is 10.1 Å². The average Bonchev–Trinajstić information content (AvgIpc) is 1.96. The number of rotatable bonds is 3. The summed E-state index contributed by atoms with van der Waals surface area (Å²) >= 11 is 0. The van der Waals surface area contributed by atoms with Crippen LogP contribution in [0.4, 0.5) is 0 Å². The van der Waals surface area contributed by atoms with Crippen molar-refractivity contribution in [1.29, 1.82) is 0 Å². The molecule has 1 amide bonds. The van der Waals surface area contributed by atoms with E-state index in [9.17, 15) is 4.79 Å². The third-order valence-electron chi connectivity index (χ3n) is 3.36. The summed E-state index contributed by atoms with van der Waals surface area (Å²) in [6, 6.07) is 0.455. The molecular formula is C10H17NO2. The molecule has 1 heterocycles. The first-order valence-electron chi connectivity index (χ1n) is 5.15. The van der Waals surface area contributed by atoms with Crippen molar-refractivity contribution in [2.24, 2.45) is 5.41 Å². The van der Waals surface area contributed by atoms with Gasteiger partial charge in [0.2, 0.25) is 5.91 Å². The Bertz CT molecular complexity index is 201. The van der Waals surface area contributed by atoms with Gasteiger partial charge in [-0.2, -0.15) is 0 Å². The molecule has 1 aliphatic heterocycles. The van der Waals surface area contributed by atoms with Crippen molar-refractivity contribution in [2.45, 2.75) is 38.6 Å². The molecule has 2 rings (SSSR count). The Kier molecular flexibility index (Phi) is 2.28. The highest BCUT2D eigenvalue weighted by Crippen LogP contribution is 2.32. The number of carbonyl (C=O) groups excluding carboxylic acids is 1. The maximum Gasteiger partial charge on any atom is 0.231 e. The summed E-state index contributed by atoms with van der Waals surface area (Å²) in [5, 5.41) is 3.09. The van der Waals surface area contributed by atoms with Gasteiger partial charge in [-0.3, -0.25) is 4.79 Å². The van der Waals surface area contributed by atoms with Gasteiger partial charge in [0.1, 0.15) is 0 Å². The molecule has 0 bridgehead atoms. The van der Waals surface area contributed by atoms with Crippen LogP contribution in [0.15, 0.2) is 0 Å². The SMILES string of the molecule is CCC1(C(=O)NC2CCC2)COC1. The number of amides is 1. The number of carbonyl (C=O) groups is 1. The van der Waals surface area contributed by atoms with Crippen molar-refractivity contribution >= 4 is 5.91 Å². The topological polar surface area (TPSA) is 38.3 Å². The maximum atomic E-state index is 11.8. The van der Waals surface area contributed by atoms with Crippen LogP contribution in [0.2, 0.25) is 0 Å². The minimum Gasteiger partial charge on any atom is -0.379 e. The predicted molar refractivity (Wildman–Crippen MR) is 49.3 cm³/mol. The van der Waals surface area contributed by atoms with Crippen LogP contribution in [0.1, 0.15) is 32.6 Å². The molecule has 0 spiro atoms. The highest BCUT2D eigenvalue weighted by molar-refractivity contribution is 5.84. The van der Waals surface area contributed by atoms with Crippen LogP contribution in [-0.2, 0) is 9.53 Å². The minimum atomic E-state index is -0.185. The summed E-state index contributed by atoms with van der Waals surface area (Å²) in [6.45, 7) is 3.28. The third-order valence-corrected chi connectivity index (χ3v) is 3.36. The Hall–Kier alpha value is -0.570. The van der Waals surface area contributed by atoms with E-state index in [1.807, 2.05) is 0 Å². The van der Waals surface area contributed by atoms with Crippen LogP contribution in [0, 0.1) is 5.41 Å². The number of hydrogen-bond donors (Lipinski definition) is 1. The average molecular weight is 183 g/mol. The highest BCUT2D eigenvalue weighted by Gasteiger charge is 2.44. The molecule has 2 aliphatic rings. The molecule has 0 radical (unpaired) electrons. The van der Waals surface area contributed by atoms with Gasteiger partial charge in [-0.05, 0) is 25.7 Å². The molecule has 0 aromatic carbocycles. The predicted octanol–water partition coefficient (Wildman–Crippen LogP) is 1.08. The van der Waals surface area contributed by atoms with E-state index in [1.54, 1.807) is 0 Å². The second-order valence-electron chi connectivity index (χ2n) is 4.23. The van der Waals surface area contributed by atoms with Crippen LogP contribution in [0.25, 0.3) is 0 Å². The first kappa shape index (κ1) is 9.00. The first-order chi connectivity index (χ1) is 6.27. The minimum absolute atomic E-state index is 0.185. The zero-order valence-electron chi connectivity index (χ0n) is 8.14. The van der Waals surface area contributed by atoms with Crippen molar-refractivity contribution in [2.75, 3.05) is 13.2 Å². The molecule has 0 aromatic rings. The van der Waals surface area contributed by atoms with Crippen molar-refractivity contribution in [1.82, 2.24) is 5.32 Å². The normalized spacial score (nSPS) is 25.9. The van der Waals surface area contributed by atoms with Gasteiger partial charge >= 0.3 is 0 Å². The van der Waals surface area contributed by atoms with E-state index in [4.69, 9.17) is 4.74 Å². The van der Waals surface area contributed by atoms with Crippen LogP contribution >= 0.6 is 0 Å². The summed E-state index contributed by atoms with van der Waals surface area (Å²) in [5.74, 6) is 0.214. The molecule has 0 atom stereocenters. The second-order valence-corrected chi connectivity index (χ2v) is 4.23. The van der Waals surface area contributed by atoms with E-state index < -0.39 is 0 Å². The van der Waals surface area contributed by atoms with Crippen molar-refractivity contribution in [3.8, 4) is 0 Å². The number of hydrogen-bond acceptors (Lipinski definition) is 2. The van der Waals surface area contributed by atoms with Crippen LogP contribution < -0.4 is 5.32 Å². The Balaban J connectivity index is 1.87. The fourth-order valence-electron chi connectivity index (χ4n) is 1.74. The summed E-state index contributed by atoms with van der Waals surface area (Å²) in [5.41, 5.74) is -0.185. The second kappa shape index (κ2) is 3.29. The molecular weight excluding hydrogens is 166 g/mol. The van der Waals surface area contributed by atoms with Gasteiger partial charge in [0.15, 0.2) is 0 Å².